The van der Waals surface area contributed by atoms with Gasteiger partial charge in [0.1, 0.15) is 5.75 Å². The summed E-state index contributed by atoms with van der Waals surface area (Å²) in [5, 5.41) is 0. The molecule has 0 bridgehead atoms. The largest absolute Gasteiger partial charge is 0.497 e. The molecule has 1 heterocycles. The van der Waals surface area contributed by atoms with Gasteiger partial charge in [0, 0.05) is 6.54 Å². The molecule has 0 saturated carbocycles. The Morgan fingerprint density at radius 3 is 2.17 bits per heavy atom. The maximum Gasteiger partial charge on any atom is 0.118 e. The van der Waals surface area contributed by atoms with Crippen LogP contribution in [0.1, 0.15) is 18.4 Å². The minimum Gasteiger partial charge on any atom is -0.497 e. The summed E-state index contributed by atoms with van der Waals surface area (Å²) < 4.78 is 5.15. The van der Waals surface area contributed by atoms with E-state index in [1.807, 2.05) is 12.1 Å². The molecule has 1 aromatic carbocycles. The lowest BCUT2D eigenvalue weighted by atomic mass is 10.1. The van der Waals surface area contributed by atoms with E-state index in [2.05, 4.69) is 28.9 Å². The van der Waals surface area contributed by atoms with E-state index in [9.17, 15) is 0 Å². The highest BCUT2D eigenvalue weighted by Gasteiger charge is 2.30. The second kappa shape index (κ2) is 5.63. The van der Waals surface area contributed by atoms with E-state index in [-0.39, 0.29) is 12.1 Å². The first-order chi connectivity index (χ1) is 8.78. The fourth-order valence-electron chi connectivity index (χ4n) is 2.38. The van der Waals surface area contributed by atoms with Gasteiger partial charge in [0.2, 0.25) is 0 Å². The van der Waals surface area contributed by atoms with Gasteiger partial charge >= 0.3 is 0 Å². The Morgan fingerprint density at radius 1 is 1.17 bits per heavy atom. The molecule has 0 unspecified atom stereocenters. The third-order valence-electron chi connectivity index (χ3n) is 3.42. The van der Waals surface area contributed by atoms with Crippen molar-refractivity contribution in [1.82, 2.24) is 4.90 Å². The SMILES string of the molecule is C#C[C@@H]1CC[C@@H](C#C)N1Cc1ccc(OC)cc1. The van der Waals surface area contributed by atoms with Crippen molar-refractivity contribution in [2.45, 2.75) is 31.5 Å². The summed E-state index contributed by atoms with van der Waals surface area (Å²) in [4.78, 5) is 2.22. The molecule has 0 aromatic heterocycles. The summed E-state index contributed by atoms with van der Waals surface area (Å²) in [7, 11) is 1.66. The van der Waals surface area contributed by atoms with Gasteiger partial charge in [-0.05, 0) is 30.5 Å². The molecule has 1 aromatic rings. The Hall–Kier alpha value is -1.90. The summed E-state index contributed by atoms with van der Waals surface area (Å²) in [6.07, 6.45) is 13.1. The molecule has 0 spiro atoms. The van der Waals surface area contributed by atoms with Crippen LogP contribution in [0.4, 0.5) is 0 Å². The molecule has 0 amide bonds. The van der Waals surface area contributed by atoms with Crippen LogP contribution in [0.25, 0.3) is 0 Å². The highest BCUT2D eigenvalue weighted by atomic mass is 16.5. The third-order valence-corrected chi connectivity index (χ3v) is 3.42. The molecule has 1 fully saturated rings. The van der Waals surface area contributed by atoms with Crippen molar-refractivity contribution in [3.05, 3.63) is 29.8 Å². The van der Waals surface area contributed by atoms with Crippen LogP contribution >= 0.6 is 0 Å². The van der Waals surface area contributed by atoms with Gasteiger partial charge in [0.25, 0.3) is 0 Å². The maximum absolute atomic E-state index is 5.56. The monoisotopic (exact) mass is 239 g/mol. The van der Waals surface area contributed by atoms with E-state index in [1.54, 1.807) is 7.11 Å². The lowest BCUT2D eigenvalue weighted by Crippen LogP contribution is -2.33. The topological polar surface area (TPSA) is 12.5 Å². The highest BCUT2D eigenvalue weighted by molar-refractivity contribution is 5.28. The molecule has 2 atom stereocenters. The predicted molar refractivity (Wildman–Crippen MR) is 73.0 cm³/mol. The Labute approximate surface area is 109 Å². The Morgan fingerprint density at radius 2 is 1.72 bits per heavy atom. The molecule has 2 rings (SSSR count). The molecule has 0 aliphatic carbocycles. The van der Waals surface area contributed by atoms with Gasteiger partial charge in [-0.3, -0.25) is 4.90 Å². The molecule has 1 aliphatic rings. The summed E-state index contributed by atoms with van der Waals surface area (Å²) in [5.74, 6) is 6.52. The molecule has 2 nitrogen and oxygen atoms in total. The zero-order valence-electron chi connectivity index (χ0n) is 10.6. The molecule has 2 heteroatoms. The minimum absolute atomic E-state index is 0.160. The van der Waals surface area contributed by atoms with Crippen molar-refractivity contribution in [1.29, 1.82) is 0 Å². The van der Waals surface area contributed by atoms with Gasteiger partial charge in [-0.25, -0.2) is 0 Å². The first-order valence-electron chi connectivity index (χ1n) is 6.09. The van der Waals surface area contributed by atoms with E-state index >= 15 is 0 Å². The minimum atomic E-state index is 0.160. The number of likely N-dealkylation sites (tertiary alicyclic amines) is 1. The molecule has 18 heavy (non-hydrogen) atoms. The first kappa shape index (κ1) is 12.6. The molecular formula is C16H17NO. The quantitative estimate of drug-likeness (QED) is 0.750. The molecule has 0 radical (unpaired) electrons. The zero-order valence-corrected chi connectivity index (χ0v) is 10.6. The van der Waals surface area contributed by atoms with Gasteiger partial charge in [0.15, 0.2) is 0 Å². The average Bonchev–Trinajstić information content (AvgIpc) is 2.81. The molecule has 0 N–H and O–H groups in total. The second-order valence-corrected chi connectivity index (χ2v) is 4.46. The lowest BCUT2D eigenvalue weighted by molar-refractivity contribution is 0.251. The molecule has 92 valence electrons. The van der Waals surface area contributed by atoms with Crippen molar-refractivity contribution >= 4 is 0 Å². The van der Waals surface area contributed by atoms with E-state index < -0.39 is 0 Å². The van der Waals surface area contributed by atoms with E-state index in [1.165, 1.54) is 5.56 Å². The van der Waals surface area contributed by atoms with Crippen LogP contribution in [0.15, 0.2) is 24.3 Å². The van der Waals surface area contributed by atoms with E-state index in [0.717, 1.165) is 25.1 Å². The number of hydrogen-bond donors (Lipinski definition) is 0. The Kier molecular flexibility index (Phi) is 3.92. The summed E-state index contributed by atoms with van der Waals surface area (Å²) in [6, 6.07) is 8.35. The van der Waals surface area contributed by atoms with Crippen molar-refractivity contribution < 1.29 is 4.74 Å². The lowest BCUT2D eigenvalue weighted by Gasteiger charge is -2.24. The van der Waals surface area contributed by atoms with Crippen LogP contribution in [0.2, 0.25) is 0 Å². The van der Waals surface area contributed by atoms with Gasteiger partial charge in [-0.1, -0.05) is 24.0 Å². The number of rotatable bonds is 3. The fraction of sp³-hybridized carbons (Fsp3) is 0.375. The summed E-state index contributed by atoms with van der Waals surface area (Å²) in [5.41, 5.74) is 1.21. The number of ether oxygens (including phenoxy) is 1. The van der Waals surface area contributed by atoms with Gasteiger partial charge in [0.05, 0.1) is 19.2 Å². The third kappa shape index (κ3) is 2.50. The van der Waals surface area contributed by atoms with Gasteiger partial charge < -0.3 is 4.74 Å². The van der Waals surface area contributed by atoms with Crippen LogP contribution in [0, 0.1) is 24.7 Å². The van der Waals surface area contributed by atoms with Gasteiger partial charge in [-0.15, -0.1) is 12.8 Å². The molecule has 1 saturated heterocycles. The first-order valence-corrected chi connectivity index (χ1v) is 6.09. The zero-order chi connectivity index (χ0) is 13.0. The van der Waals surface area contributed by atoms with Crippen LogP contribution < -0.4 is 4.74 Å². The van der Waals surface area contributed by atoms with Crippen LogP contribution in [-0.4, -0.2) is 24.1 Å². The Bertz CT molecular complexity index is 455. The molecular weight excluding hydrogens is 222 g/mol. The van der Waals surface area contributed by atoms with Crippen LogP contribution in [0.5, 0.6) is 5.75 Å². The molecule has 1 aliphatic heterocycles. The Balaban J connectivity index is 2.11. The normalized spacial score (nSPS) is 23.3. The number of hydrogen-bond acceptors (Lipinski definition) is 2. The number of nitrogens with zero attached hydrogens (tertiary/aromatic N) is 1. The predicted octanol–water partition coefficient (Wildman–Crippen LogP) is 2.29. The number of methoxy groups -OCH3 is 1. The van der Waals surface area contributed by atoms with Crippen molar-refractivity contribution in [2.24, 2.45) is 0 Å². The van der Waals surface area contributed by atoms with Crippen molar-refractivity contribution in [3.8, 4) is 30.4 Å². The summed E-state index contributed by atoms with van der Waals surface area (Å²) in [6.45, 7) is 0.799. The van der Waals surface area contributed by atoms with E-state index in [4.69, 9.17) is 17.6 Å². The van der Waals surface area contributed by atoms with Crippen LogP contribution in [-0.2, 0) is 6.54 Å². The van der Waals surface area contributed by atoms with Crippen molar-refractivity contribution in [2.75, 3.05) is 7.11 Å². The van der Waals surface area contributed by atoms with Gasteiger partial charge in [-0.2, -0.15) is 0 Å². The van der Waals surface area contributed by atoms with Crippen LogP contribution in [0.3, 0.4) is 0 Å². The standard InChI is InChI=1S/C16H17NO/c1-4-14-8-9-15(5-2)17(14)12-13-6-10-16(18-3)11-7-13/h1-2,6-7,10-11,14-15H,8-9,12H2,3H3/t14-,15-/m1/s1. The van der Waals surface area contributed by atoms with E-state index in [0.29, 0.717) is 0 Å². The highest BCUT2D eigenvalue weighted by Crippen LogP contribution is 2.26. The maximum atomic E-state index is 5.56. The summed E-state index contributed by atoms with van der Waals surface area (Å²) >= 11 is 0. The number of terminal acetylenes is 2. The fourth-order valence-corrected chi connectivity index (χ4v) is 2.38. The number of benzene rings is 1. The average molecular weight is 239 g/mol. The second-order valence-electron chi connectivity index (χ2n) is 4.46. The smallest absolute Gasteiger partial charge is 0.118 e. The van der Waals surface area contributed by atoms with Crippen molar-refractivity contribution in [3.63, 3.8) is 0 Å².